The summed E-state index contributed by atoms with van der Waals surface area (Å²) in [6.07, 6.45) is 5.84. The number of pyridine rings is 1. The van der Waals surface area contributed by atoms with E-state index in [9.17, 15) is 9.59 Å². The Morgan fingerprint density at radius 3 is 2.64 bits per heavy atom. The van der Waals surface area contributed by atoms with E-state index >= 15 is 0 Å². The first-order valence-electron chi connectivity index (χ1n) is 7.86. The summed E-state index contributed by atoms with van der Waals surface area (Å²) >= 11 is 0. The van der Waals surface area contributed by atoms with Crippen molar-refractivity contribution in [1.29, 1.82) is 0 Å². The van der Waals surface area contributed by atoms with Crippen molar-refractivity contribution in [3.63, 3.8) is 0 Å². The minimum atomic E-state index is -0.301. The van der Waals surface area contributed by atoms with Crippen LogP contribution in [0, 0.1) is 6.92 Å². The molecule has 1 aliphatic heterocycles. The van der Waals surface area contributed by atoms with Crippen LogP contribution in [-0.2, 0) is 11.2 Å². The van der Waals surface area contributed by atoms with Crippen molar-refractivity contribution >= 4 is 11.9 Å². The number of urea groups is 1. The van der Waals surface area contributed by atoms with E-state index < -0.39 is 0 Å². The molecule has 0 saturated carbocycles. The summed E-state index contributed by atoms with van der Waals surface area (Å²) in [5, 5.41) is 5.37. The fourth-order valence-electron chi connectivity index (χ4n) is 2.44. The number of nitrogens with one attached hydrogen (secondary N) is 2. The van der Waals surface area contributed by atoms with Crippen LogP contribution in [0.25, 0.3) is 0 Å². The highest BCUT2D eigenvalue weighted by Gasteiger charge is 2.16. The van der Waals surface area contributed by atoms with E-state index in [-0.39, 0.29) is 18.5 Å². The molecule has 1 saturated heterocycles. The van der Waals surface area contributed by atoms with Crippen LogP contribution in [0.4, 0.5) is 4.79 Å². The lowest BCUT2D eigenvalue weighted by atomic mass is 10.1. The molecule has 0 aliphatic carbocycles. The molecule has 0 atom stereocenters. The van der Waals surface area contributed by atoms with Gasteiger partial charge in [-0.25, -0.2) is 4.79 Å². The molecule has 2 N–H and O–H groups in total. The SMILES string of the molecule is Cc1ccc(CCNC(=O)NCC(=O)N2CCCCC2)cn1. The quantitative estimate of drug-likeness (QED) is 0.859. The maximum absolute atomic E-state index is 11.9. The lowest BCUT2D eigenvalue weighted by Crippen LogP contribution is -2.45. The van der Waals surface area contributed by atoms with E-state index in [1.54, 1.807) is 0 Å². The van der Waals surface area contributed by atoms with E-state index in [4.69, 9.17) is 0 Å². The number of nitrogens with zero attached hydrogens (tertiary/aromatic N) is 2. The Labute approximate surface area is 131 Å². The van der Waals surface area contributed by atoms with Crippen LogP contribution in [0.5, 0.6) is 0 Å². The van der Waals surface area contributed by atoms with Crippen LogP contribution in [0.3, 0.4) is 0 Å². The predicted molar refractivity (Wildman–Crippen MR) is 84.5 cm³/mol. The van der Waals surface area contributed by atoms with E-state index in [1.807, 2.05) is 30.2 Å². The molecule has 1 aromatic heterocycles. The second-order valence-electron chi connectivity index (χ2n) is 5.61. The van der Waals surface area contributed by atoms with Crippen LogP contribution in [0.2, 0.25) is 0 Å². The maximum Gasteiger partial charge on any atom is 0.315 e. The summed E-state index contributed by atoms with van der Waals surface area (Å²) in [4.78, 5) is 29.6. The summed E-state index contributed by atoms with van der Waals surface area (Å²) in [6.45, 7) is 4.15. The summed E-state index contributed by atoms with van der Waals surface area (Å²) < 4.78 is 0. The molecule has 1 fully saturated rings. The number of aromatic nitrogens is 1. The highest BCUT2D eigenvalue weighted by Crippen LogP contribution is 2.08. The number of carbonyl (C=O) groups is 2. The number of rotatable bonds is 5. The molecule has 0 bridgehead atoms. The first-order chi connectivity index (χ1) is 10.6. The van der Waals surface area contributed by atoms with Gasteiger partial charge in [0.25, 0.3) is 0 Å². The molecule has 2 heterocycles. The highest BCUT2D eigenvalue weighted by molar-refractivity contribution is 5.84. The molecule has 6 nitrogen and oxygen atoms in total. The van der Waals surface area contributed by atoms with Gasteiger partial charge in [-0.15, -0.1) is 0 Å². The third-order valence-corrected chi connectivity index (χ3v) is 3.78. The topological polar surface area (TPSA) is 74.3 Å². The van der Waals surface area contributed by atoms with Gasteiger partial charge in [-0.3, -0.25) is 9.78 Å². The Kier molecular flexibility index (Phi) is 6.18. The molecule has 3 amide bonds. The van der Waals surface area contributed by atoms with E-state index in [0.717, 1.165) is 43.6 Å². The summed E-state index contributed by atoms with van der Waals surface area (Å²) in [7, 11) is 0. The van der Waals surface area contributed by atoms with Gasteiger partial charge in [0.2, 0.25) is 5.91 Å². The van der Waals surface area contributed by atoms with Gasteiger partial charge in [-0.1, -0.05) is 6.07 Å². The molecular weight excluding hydrogens is 280 g/mol. The van der Waals surface area contributed by atoms with Gasteiger partial charge in [0.15, 0.2) is 0 Å². The third-order valence-electron chi connectivity index (χ3n) is 3.78. The first kappa shape index (κ1) is 16.3. The number of hydrogen-bond acceptors (Lipinski definition) is 3. The van der Waals surface area contributed by atoms with Crippen molar-refractivity contribution in [1.82, 2.24) is 20.5 Å². The number of piperidine rings is 1. The van der Waals surface area contributed by atoms with Gasteiger partial charge >= 0.3 is 6.03 Å². The molecule has 120 valence electrons. The van der Waals surface area contributed by atoms with Gasteiger partial charge in [-0.2, -0.15) is 0 Å². The van der Waals surface area contributed by atoms with Gasteiger partial charge < -0.3 is 15.5 Å². The van der Waals surface area contributed by atoms with Crippen LogP contribution < -0.4 is 10.6 Å². The van der Waals surface area contributed by atoms with Gasteiger partial charge in [0.1, 0.15) is 0 Å². The Bertz CT molecular complexity index is 495. The van der Waals surface area contributed by atoms with Crippen molar-refractivity contribution < 1.29 is 9.59 Å². The molecule has 1 aliphatic rings. The normalized spacial score (nSPS) is 14.5. The fraction of sp³-hybridized carbons (Fsp3) is 0.562. The Morgan fingerprint density at radius 2 is 1.95 bits per heavy atom. The van der Waals surface area contributed by atoms with Crippen LogP contribution >= 0.6 is 0 Å². The zero-order valence-electron chi connectivity index (χ0n) is 13.1. The highest BCUT2D eigenvalue weighted by atomic mass is 16.2. The molecule has 2 rings (SSSR count). The number of amides is 3. The lowest BCUT2D eigenvalue weighted by molar-refractivity contribution is -0.130. The second kappa shape index (κ2) is 8.36. The molecule has 0 unspecified atom stereocenters. The maximum atomic E-state index is 11.9. The molecule has 0 radical (unpaired) electrons. The van der Waals surface area contributed by atoms with Gasteiger partial charge in [-0.05, 0) is 44.2 Å². The first-order valence-corrected chi connectivity index (χ1v) is 7.86. The third kappa shape index (κ3) is 5.35. The number of likely N-dealkylation sites (tertiary alicyclic amines) is 1. The number of aryl methyl sites for hydroxylation is 1. The van der Waals surface area contributed by atoms with E-state index in [2.05, 4.69) is 15.6 Å². The van der Waals surface area contributed by atoms with E-state index in [0.29, 0.717) is 6.54 Å². The number of carbonyl (C=O) groups excluding carboxylic acids is 2. The minimum absolute atomic E-state index is 0.00224. The predicted octanol–water partition coefficient (Wildman–Crippen LogP) is 1.24. The zero-order chi connectivity index (χ0) is 15.8. The van der Waals surface area contributed by atoms with Crippen molar-refractivity contribution in [2.24, 2.45) is 0 Å². The Morgan fingerprint density at radius 1 is 1.18 bits per heavy atom. The molecule has 6 heteroatoms. The Balaban J connectivity index is 1.61. The zero-order valence-corrected chi connectivity index (χ0v) is 13.1. The molecule has 22 heavy (non-hydrogen) atoms. The minimum Gasteiger partial charge on any atom is -0.341 e. The average molecular weight is 304 g/mol. The molecular formula is C16H24N4O2. The monoisotopic (exact) mass is 304 g/mol. The van der Waals surface area contributed by atoms with Crippen molar-refractivity contribution in [2.75, 3.05) is 26.2 Å². The average Bonchev–Trinajstić information content (AvgIpc) is 2.55. The number of hydrogen-bond donors (Lipinski definition) is 2. The van der Waals surface area contributed by atoms with Crippen molar-refractivity contribution in [2.45, 2.75) is 32.6 Å². The lowest BCUT2D eigenvalue weighted by Gasteiger charge is -2.26. The van der Waals surface area contributed by atoms with Crippen LogP contribution in [0.15, 0.2) is 18.3 Å². The standard InChI is InChI=1S/C16H24N4O2/c1-13-5-6-14(11-18-13)7-8-17-16(22)19-12-15(21)20-9-3-2-4-10-20/h5-6,11H,2-4,7-10,12H2,1H3,(H2,17,19,22). The largest absolute Gasteiger partial charge is 0.341 e. The summed E-state index contributed by atoms with van der Waals surface area (Å²) in [6, 6.07) is 3.65. The van der Waals surface area contributed by atoms with Crippen molar-refractivity contribution in [3.05, 3.63) is 29.6 Å². The summed E-state index contributed by atoms with van der Waals surface area (Å²) in [5.74, 6) is -0.00224. The molecule has 0 aromatic carbocycles. The van der Waals surface area contributed by atoms with Crippen LogP contribution in [0.1, 0.15) is 30.5 Å². The smallest absolute Gasteiger partial charge is 0.315 e. The molecule has 0 spiro atoms. The summed E-state index contributed by atoms with van der Waals surface area (Å²) in [5.41, 5.74) is 2.06. The van der Waals surface area contributed by atoms with Crippen molar-refractivity contribution in [3.8, 4) is 0 Å². The van der Waals surface area contributed by atoms with E-state index in [1.165, 1.54) is 6.42 Å². The fourth-order valence-corrected chi connectivity index (χ4v) is 2.44. The van der Waals surface area contributed by atoms with Gasteiger partial charge in [0, 0.05) is 31.5 Å². The van der Waals surface area contributed by atoms with Gasteiger partial charge in [0.05, 0.1) is 6.54 Å². The molecule has 1 aromatic rings. The second-order valence-corrected chi connectivity index (χ2v) is 5.61. The Hall–Kier alpha value is -2.11. The van der Waals surface area contributed by atoms with Crippen LogP contribution in [-0.4, -0.2) is 48.0 Å².